The first-order valence-electron chi connectivity index (χ1n) is 7.83. The van der Waals surface area contributed by atoms with Crippen molar-refractivity contribution in [3.63, 3.8) is 0 Å². The maximum Gasteiger partial charge on any atom is 0.407 e. The van der Waals surface area contributed by atoms with Gasteiger partial charge >= 0.3 is 6.09 Å². The first-order valence-corrected chi connectivity index (χ1v) is 11.2. The zero-order valence-corrected chi connectivity index (χ0v) is 17.1. The number of ether oxygens (including phenoxy) is 1. The Labute approximate surface area is 156 Å². The van der Waals surface area contributed by atoms with Crippen LogP contribution in [-0.4, -0.2) is 64.0 Å². The van der Waals surface area contributed by atoms with Crippen LogP contribution in [0.1, 0.15) is 34.1 Å². The lowest BCUT2D eigenvalue weighted by atomic mass is 10.2. The number of nitrogens with zero attached hydrogens (tertiary/aromatic N) is 1. The summed E-state index contributed by atoms with van der Waals surface area (Å²) in [6.07, 6.45) is 0.0618. The number of hydrogen-bond donors (Lipinski definition) is 1. The molecule has 2 amide bonds. The molecule has 0 aromatic carbocycles. The smallest absolute Gasteiger partial charge is 0.407 e. The third-order valence-corrected chi connectivity index (χ3v) is 6.26. The van der Waals surface area contributed by atoms with Crippen LogP contribution in [-0.2, 0) is 14.3 Å². The molecule has 1 atom stereocenters. The van der Waals surface area contributed by atoms with E-state index in [0.717, 1.165) is 11.5 Å². The van der Waals surface area contributed by atoms with E-state index in [0.29, 0.717) is 26.1 Å². The third kappa shape index (κ3) is 9.68. The largest absolute Gasteiger partial charge is 0.444 e. The highest BCUT2D eigenvalue weighted by atomic mass is 33.1. The number of rotatable bonds is 8. The van der Waals surface area contributed by atoms with Crippen LogP contribution in [0.3, 0.4) is 0 Å². The van der Waals surface area contributed by atoms with E-state index in [4.69, 9.17) is 4.74 Å². The number of amides is 2. The molecule has 0 radical (unpaired) electrons. The predicted octanol–water partition coefficient (Wildman–Crippen LogP) is 2.77. The maximum atomic E-state index is 11.8. The summed E-state index contributed by atoms with van der Waals surface area (Å²) in [5.74, 6) is 1.74. The average molecular weight is 395 g/mol. The fourth-order valence-corrected chi connectivity index (χ4v) is 4.89. The molecule has 0 aromatic heterocycles. The van der Waals surface area contributed by atoms with Crippen molar-refractivity contribution >= 4 is 50.5 Å². The molecule has 1 fully saturated rings. The van der Waals surface area contributed by atoms with Crippen LogP contribution in [0.25, 0.3) is 0 Å². The molecule has 24 heavy (non-hydrogen) atoms. The monoisotopic (exact) mass is 394 g/mol. The van der Waals surface area contributed by atoms with Gasteiger partial charge in [0.2, 0.25) is 5.91 Å². The molecule has 138 valence electrons. The molecular formula is C15H26N2O4S3. The summed E-state index contributed by atoms with van der Waals surface area (Å²) in [5, 5.41) is 2.88. The van der Waals surface area contributed by atoms with E-state index >= 15 is 0 Å². The second kappa shape index (κ2) is 10.5. The van der Waals surface area contributed by atoms with E-state index in [-0.39, 0.29) is 16.3 Å². The van der Waals surface area contributed by atoms with Crippen molar-refractivity contribution in [1.29, 1.82) is 0 Å². The van der Waals surface area contributed by atoms with Crippen LogP contribution in [0.5, 0.6) is 0 Å². The molecule has 1 N–H and O–H groups in total. The summed E-state index contributed by atoms with van der Waals surface area (Å²) in [4.78, 5) is 36.2. The molecule has 1 aliphatic heterocycles. The van der Waals surface area contributed by atoms with Gasteiger partial charge in [-0.3, -0.25) is 9.59 Å². The Balaban J connectivity index is 2.03. The van der Waals surface area contributed by atoms with Crippen molar-refractivity contribution in [2.75, 3.05) is 31.1 Å². The van der Waals surface area contributed by atoms with Gasteiger partial charge in [0.25, 0.3) is 0 Å². The number of thioether (sulfide) groups is 1. The highest BCUT2D eigenvalue weighted by Crippen LogP contribution is 2.26. The fourth-order valence-electron chi connectivity index (χ4n) is 2.04. The number of likely N-dealkylation sites (tertiary alicyclic amines) is 1. The number of hydrogen-bond acceptors (Lipinski definition) is 7. The van der Waals surface area contributed by atoms with Crippen molar-refractivity contribution in [2.24, 2.45) is 0 Å². The molecule has 6 nitrogen and oxygen atoms in total. The summed E-state index contributed by atoms with van der Waals surface area (Å²) in [6.45, 7) is 8.94. The van der Waals surface area contributed by atoms with Gasteiger partial charge in [0.05, 0.1) is 0 Å². The van der Waals surface area contributed by atoms with Crippen molar-refractivity contribution in [3.8, 4) is 0 Å². The van der Waals surface area contributed by atoms with Crippen molar-refractivity contribution in [2.45, 2.75) is 45.0 Å². The standard InChI is InChI=1S/C15H26N2O4S3/c1-11(18)24-12-9-13(19)17(10-12)6-8-23-22-7-5-16-14(20)21-15(2,3)4/h12H,5-10H2,1-4H3,(H,16,20). The van der Waals surface area contributed by atoms with Gasteiger partial charge in [0, 0.05) is 49.7 Å². The fraction of sp³-hybridized carbons (Fsp3) is 0.800. The summed E-state index contributed by atoms with van der Waals surface area (Å²) in [5.41, 5.74) is -0.479. The Morgan fingerprint density at radius 1 is 1.29 bits per heavy atom. The van der Waals surface area contributed by atoms with E-state index in [1.165, 1.54) is 18.7 Å². The number of nitrogens with one attached hydrogen (secondary N) is 1. The Morgan fingerprint density at radius 2 is 1.96 bits per heavy atom. The minimum atomic E-state index is -0.479. The van der Waals surface area contributed by atoms with E-state index in [1.807, 2.05) is 25.7 Å². The van der Waals surface area contributed by atoms with Crippen molar-refractivity contribution in [1.82, 2.24) is 10.2 Å². The Bertz CT molecular complexity index is 454. The van der Waals surface area contributed by atoms with Gasteiger partial charge in [-0.2, -0.15) is 0 Å². The molecular weight excluding hydrogens is 368 g/mol. The van der Waals surface area contributed by atoms with Gasteiger partial charge in [-0.25, -0.2) is 4.79 Å². The number of carbonyl (C=O) groups is 3. The first kappa shape index (κ1) is 21.5. The van der Waals surface area contributed by atoms with Crippen LogP contribution in [0.4, 0.5) is 4.79 Å². The molecule has 0 spiro atoms. The van der Waals surface area contributed by atoms with Gasteiger partial charge in [0.15, 0.2) is 5.12 Å². The average Bonchev–Trinajstić information content (AvgIpc) is 2.74. The van der Waals surface area contributed by atoms with Crippen LogP contribution in [0.2, 0.25) is 0 Å². The number of carbonyl (C=O) groups excluding carboxylic acids is 3. The topological polar surface area (TPSA) is 75.7 Å². The quantitative estimate of drug-likeness (QED) is 0.501. The molecule has 1 heterocycles. The minimum absolute atomic E-state index is 0.0667. The lowest BCUT2D eigenvalue weighted by Gasteiger charge is -2.19. The SMILES string of the molecule is CC(=O)SC1CC(=O)N(CCSSCCNC(=O)OC(C)(C)C)C1. The maximum absolute atomic E-state index is 11.8. The summed E-state index contributed by atoms with van der Waals surface area (Å²) in [6, 6.07) is 0. The summed E-state index contributed by atoms with van der Waals surface area (Å²) in [7, 11) is 3.34. The Morgan fingerprint density at radius 3 is 2.58 bits per heavy atom. The Hall–Kier alpha value is -0.540. The molecule has 0 bridgehead atoms. The second-order valence-corrected chi connectivity index (χ2v) is 10.5. The zero-order valence-electron chi connectivity index (χ0n) is 14.6. The molecule has 0 saturated carbocycles. The lowest BCUT2D eigenvalue weighted by Crippen LogP contribution is -2.33. The van der Waals surface area contributed by atoms with Crippen LogP contribution in [0.15, 0.2) is 0 Å². The van der Waals surface area contributed by atoms with Crippen LogP contribution in [0, 0.1) is 0 Å². The normalized spacial score (nSPS) is 17.9. The van der Waals surface area contributed by atoms with Gasteiger partial charge in [0.1, 0.15) is 5.60 Å². The van der Waals surface area contributed by atoms with Crippen LogP contribution >= 0.6 is 33.3 Å². The molecule has 0 aromatic rings. The summed E-state index contributed by atoms with van der Waals surface area (Å²) < 4.78 is 5.15. The molecule has 9 heteroatoms. The third-order valence-electron chi connectivity index (χ3n) is 2.89. The molecule has 1 saturated heterocycles. The molecule has 1 unspecified atom stereocenters. The van der Waals surface area contributed by atoms with E-state index in [2.05, 4.69) is 5.32 Å². The van der Waals surface area contributed by atoms with E-state index < -0.39 is 11.7 Å². The molecule has 1 aliphatic rings. The summed E-state index contributed by atoms with van der Waals surface area (Å²) >= 11 is 1.26. The zero-order chi connectivity index (χ0) is 18.2. The highest BCUT2D eigenvalue weighted by Gasteiger charge is 2.30. The van der Waals surface area contributed by atoms with Crippen molar-refractivity contribution < 1.29 is 19.1 Å². The highest BCUT2D eigenvalue weighted by molar-refractivity contribution is 8.76. The van der Waals surface area contributed by atoms with Gasteiger partial charge in [-0.1, -0.05) is 33.3 Å². The Kier molecular flexibility index (Phi) is 9.36. The molecule has 1 rings (SSSR count). The predicted molar refractivity (Wildman–Crippen MR) is 102 cm³/mol. The minimum Gasteiger partial charge on any atom is -0.444 e. The van der Waals surface area contributed by atoms with Crippen molar-refractivity contribution in [3.05, 3.63) is 0 Å². The second-order valence-electron chi connectivity index (χ2n) is 6.35. The van der Waals surface area contributed by atoms with Gasteiger partial charge < -0.3 is 15.0 Å². The van der Waals surface area contributed by atoms with E-state index in [1.54, 1.807) is 21.6 Å². The van der Waals surface area contributed by atoms with Gasteiger partial charge in [-0.15, -0.1) is 0 Å². The molecule has 0 aliphatic carbocycles. The number of alkyl carbamates (subject to hydrolysis) is 1. The first-order chi connectivity index (χ1) is 11.2. The van der Waals surface area contributed by atoms with Crippen LogP contribution < -0.4 is 5.32 Å². The van der Waals surface area contributed by atoms with E-state index in [9.17, 15) is 14.4 Å². The lowest BCUT2D eigenvalue weighted by molar-refractivity contribution is -0.127. The van der Waals surface area contributed by atoms with Gasteiger partial charge in [-0.05, 0) is 20.8 Å².